The average molecular weight is 311 g/mol. The molecule has 0 aliphatic rings. The van der Waals surface area contributed by atoms with Crippen LogP contribution in [0, 0.1) is 21.4 Å². The predicted molar refractivity (Wildman–Crippen MR) is 81.8 cm³/mol. The first-order valence-corrected chi connectivity index (χ1v) is 6.70. The summed E-state index contributed by atoms with van der Waals surface area (Å²) >= 11 is 0. The number of nitro benzene ring substituents is 1. The third-order valence-corrected chi connectivity index (χ3v) is 3.32. The van der Waals surface area contributed by atoms with E-state index < -0.39 is 22.3 Å². The van der Waals surface area contributed by atoms with Gasteiger partial charge in [-0.15, -0.1) is 0 Å². The van der Waals surface area contributed by atoms with Crippen LogP contribution in [0.1, 0.15) is 34.5 Å². The molecule has 0 fully saturated rings. The Hall–Kier alpha value is -3.40. The van der Waals surface area contributed by atoms with Crippen LogP contribution in [-0.2, 0) is 0 Å². The summed E-state index contributed by atoms with van der Waals surface area (Å²) in [5, 5.41) is 31.7. The van der Waals surface area contributed by atoms with Crippen molar-refractivity contribution in [3.8, 4) is 11.8 Å². The first-order chi connectivity index (χ1) is 10.9. The van der Waals surface area contributed by atoms with E-state index in [9.17, 15) is 20.0 Å². The van der Waals surface area contributed by atoms with Crippen LogP contribution in [0.15, 0.2) is 42.5 Å². The molecule has 2 aromatic carbocycles. The van der Waals surface area contributed by atoms with E-state index in [1.54, 1.807) is 31.2 Å². The number of hydrogen-bond donors (Lipinski definition) is 2. The average Bonchev–Trinajstić information content (AvgIpc) is 2.54. The zero-order valence-corrected chi connectivity index (χ0v) is 12.2. The van der Waals surface area contributed by atoms with Gasteiger partial charge >= 0.3 is 5.69 Å². The molecule has 1 atom stereocenters. The van der Waals surface area contributed by atoms with Crippen LogP contribution in [-0.4, -0.2) is 15.9 Å². The molecule has 7 nitrogen and oxygen atoms in total. The molecule has 0 aliphatic carbocycles. The standard InChI is InChI=1S/C16H13N3O4/c1-10(12-4-2-11(9-17)3-5-12)18-16(21)13-6-7-15(20)14(8-13)19(22)23/h2-8,10,20H,1H3,(H,18,21)/t10-/m1/s1. The van der Waals surface area contributed by atoms with Gasteiger partial charge in [0.1, 0.15) is 0 Å². The molecule has 1 amide bonds. The SMILES string of the molecule is C[C@@H](NC(=O)c1ccc(O)c([N+](=O)[O-])c1)c1ccc(C#N)cc1. The largest absolute Gasteiger partial charge is 0.502 e. The van der Waals surface area contributed by atoms with E-state index in [1.807, 2.05) is 6.07 Å². The molecular weight excluding hydrogens is 298 g/mol. The van der Waals surface area contributed by atoms with E-state index >= 15 is 0 Å². The molecule has 2 rings (SSSR count). The second kappa shape index (κ2) is 6.58. The topological polar surface area (TPSA) is 116 Å². The van der Waals surface area contributed by atoms with Gasteiger partial charge in [0.15, 0.2) is 5.75 Å². The zero-order valence-electron chi connectivity index (χ0n) is 12.2. The van der Waals surface area contributed by atoms with Crippen molar-refractivity contribution < 1.29 is 14.8 Å². The lowest BCUT2D eigenvalue weighted by molar-refractivity contribution is -0.385. The number of hydrogen-bond acceptors (Lipinski definition) is 5. The third kappa shape index (κ3) is 3.63. The van der Waals surface area contributed by atoms with Crippen LogP contribution in [0.25, 0.3) is 0 Å². The maximum atomic E-state index is 12.2. The lowest BCUT2D eigenvalue weighted by Gasteiger charge is -2.14. The molecule has 0 aliphatic heterocycles. The van der Waals surface area contributed by atoms with Crippen molar-refractivity contribution in [1.82, 2.24) is 5.32 Å². The van der Waals surface area contributed by atoms with Crippen molar-refractivity contribution >= 4 is 11.6 Å². The number of benzene rings is 2. The number of nitriles is 1. The number of phenols is 1. The van der Waals surface area contributed by atoms with E-state index in [-0.39, 0.29) is 11.6 Å². The highest BCUT2D eigenvalue weighted by Crippen LogP contribution is 2.26. The lowest BCUT2D eigenvalue weighted by atomic mass is 10.1. The van der Waals surface area contributed by atoms with Crippen molar-refractivity contribution in [3.63, 3.8) is 0 Å². The van der Waals surface area contributed by atoms with Crippen LogP contribution < -0.4 is 5.32 Å². The Morgan fingerprint density at radius 1 is 1.30 bits per heavy atom. The fraction of sp³-hybridized carbons (Fsp3) is 0.125. The van der Waals surface area contributed by atoms with Crippen molar-refractivity contribution in [2.24, 2.45) is 0 Å². The first kappa shape index (κ1) is 16.0. The lowest BCUT2D eigenvalue weighted by Crippen LogP contribution is -2.26. The summed E-state index contributed by atoms with van der Waals surface area (Å²) in [4.78, 5) is 22.2. The van der Waals surface area contributed by atoms with Gasteiger partial charge in [-0.2, -0.15) is 5.26 Å². The Kier molecular flexibility index (Phi) is 4.57. The van der Waals surface area contributed by atoms with Gasteiger partial charge < -0.3 is 10.4 Å². The summed E-state index contributed by atoms with van der Waals surface area (Å²) in [6.07, 6.45) is 0. The minimum absolute atomic E-state index is 0.0787. The van der Waals surface area contributed by atoms with Crippen molar-refractivity contribution in [2.75, 3.05) is 0 Å². The summed E-state index contributed by atoms with van der Waals surface area (Å²) in [5.74, 6) is -0.989. The Morgan fingerprint density at radius 2 is 1.96 bits per heavy atom. The minimum Gasteiger partial charge on any atom is -0.502 e. The molecule has 0 saturated carbocycles. The fourth-order valence-corrected chi connectivity index (χ4v) is 2.02. The maximum Gasteiger partial charge on any atom is 0.311 e. The van der Waals surface area contributed by atoms with Gasteiger partial charge in [0, 0.05) is 11.6 Å². The third-order valence-electron chi connectivity index (χ3n) is 3.32. The Bertz CT molecular complexity index is 794. The molecule has 7 heteroatoms. The van der Waals surface area contributed by atoms with E-state index in [1.165, 1.54) is 6.07 Å². The zero-order chi connectivity index (χ0) is 17.0. The molecule has 0 spiro atoms. The highest BCUT2D eigenvalue weighted by Gasteiger charge is 2.18. The Morgan fingerprint density at radius 3 is 2.52 bits per heavy atom. The van der Waals surface area contributed by atoms with Crippen LogP contribution in [0.3, 0.4) is 0 Å². The van der Waals surface area contributed by atoms with E-state index in [0.29, 0.717) is 5.56 Å². The number of nitro groups is 1. The number of rotatable bonds is 4. The van der Waals surface area contributed by atoms with Gasteiger partial charge in [0.2, 0.25) is 0 Å². The van der Waals surface area contributed by atoms with E-state index in [4.69, 9.17) is 5.26 Å². The second-order valence-corrected chi connectivity index (χ2v) is 4.89. The van der Waals surface area contributed by atoms with Gasteiger partial charge in [-0.05, 0) is 36.8 Å². The molecule has 116 valence electrons. The highest BCUT2D eigenvalue weighted by atomic mass is 16.6. The molecular formula is C16H13N3O4. The molecule has 2 aromatic rings. The maximum absolute atomic E-state index is 12.2. The van der Waals surface area contributed by atoms with Crippen molar-refractivity contribution in [2.45, 2.75) is 13.0 Å². The molecule has 23 heavy (non-hydrogen) atoms. The summed E-state index contributed by atoms with van der Waals surface area (Å²) in [6.45, 7) is 1.76. The quantitative estimate of drug-likeness (QED) is 0.665. The monoisotopic (exact) mass is 311 g/mol. The molecule has 0 saturated heterocycles. The molecule has 0 radical (unpaired) electrons. The minimum atomic E-state index is -0.754. The van der Waals surface area contributed by atoms with Gasteiger partial charge in [-0.25, -0.2) is 0 Å². The number of amides is 1. The number of nitrogens with zero attached hydrogens (tertiary/aromatic N) is 2. The van der Waals surface area contributed by atoms with Gasteiger partial charge in [0.05, 0.1) is 22.6 Å². The Labute approximate surface area is 131 Å². The normalized spacial score (nSPS) is 11.3. The molecule has 0 heterocycles. The van der Waals surface area contributed by atoms with Crippen molar-refractivity contribution in [1.29, 1.82) is 5.26 Å². The van der Waals surface area contributed by atoms with Crippen LogP contribution in [0.5, 0.6) is 5.75 Å². The summed E-state index contributed by atoms with van der Waals surface area (Å²) in [6, 6.07) is 11.8. The smallest absolute Gasteiger partial charge is 0.311 e. The van der Waals surface area contributed by atoms with Crippen molar-refractivity contribution in [3.05, 3.63) is 69.3 Å². The number of carbonyl (C=O) groups is 1. The van der Waals surface area contributed by atoms with Gasteiger partial charge in [-0.1, -0.05) is 12.1 Å². The summed E-state index contributed by atoms with van der Waals surface area (Å²) in [5.41, 5.74) is 0.866. The van der Waals surface area contributed by atoms with E-state index in [2.05, 4.69) is 5.32 Å². The van der Waals surface area contributed by atoms with E-state index in [0.717, 1.165) is 17.7 Å². The molecule has 0 aromatic heterocycles. The number of carbonyl (C=O) groups excluding carboxylic acids is 1. The highest BCUT2D eigenvalue weighted by molar-refractivity contribution is 5.95. The molecule has 0 bridgehead atoms. The number of nitrogens with one attached hydrogen (secondary N) is 1. The number of phenolic OH excluding ortho intramolecular Hbond substituents is 1. The number of aromatic hydroxyl groups is 1. The molecule has 0 unspecified atom stereocenters. The summed E-state index contributed by atoms with van der Waals surface area (Å²) < 4.78 is 0. The second-order valence-electron chi connectivity index (χ2n) is 4.89. The first-order valence-electron chi connectivity index (χ1n) is 6.70. The van der Waals surface area contributed by atoms with Crippen LogP contribution in [0.2, 0.25) is 0 Å². The predicted octanol–water partition coefficient (Wildman–Crippen LogP) is 2.66. The summed E-state index contributed by atoms with van der Waals surface area (Å²) in [7, 11) is 0. The molecule has 2 N–H and O–H groups in total. The van der Waals surface area contributed by atoms with Crippen LogP contribution in [0.4, 0.5) is 5.69 Å². The van der Waals surface area contributed by atoms with Gasteiger partial charge in [0.25, 0.3) is 5.91 Å². The fourth-order valence-electron chi connectivity index (χ4n) is 2.02. The van der Waals surface area contributed by atoms with Gasteiger partial charge in [-0.3, -0.25) is 14.9 Å². The van der Waals surface area contributed by atoms with Crippen LogP contribution >= 0.6 is 0 Å². The Balaban J connectivity index is 2.16.